The molecule has 1 spiro atoms. The maximum absolute atomic E-state index is 13.1. The minimum atomic E-state index is -0.109. The lowest BCUT2D eigenvalue weighted by Crippen LogP contribution is -2.47. The second-order valence-electron chi connectivity index (χ2n) is 10.1. The molecule has 11 nitrogen and oxygen atoms in total. The second kappa shape index (κ2) is 9.98. The first-order valence-corrected chi connectivity index (χ1v) is 12.4. The van der Waals surface area contributed by atoms with Crippen molar-refractivity contribution in [1.82, 2.24) is 34.9 Å². The van der Waals surface area contributed by atoms with Gasteiger partial charge in [0.1, 0.15) is 5.69 Å². The molecule has 11 heteroatoms. The minimum Gasteiger partial charge on any atom is -0.423 e. The molecule has 5 rings (SSSR count). The highest BCUT2D eigenvalue weighted by atomic mass is 16.5. The molecule has 0 radical (unpaired) electrons. The molecule has 2 amide bonds. The van der Waals surface area contributed by atoms with Crippen molar-refractivity contribution in [1.29, 1.82) is 0 Å². The Bertz CT molecular complexity index is 1030. The van der Waals surface area contributed by atoms with Gasteiger partial charge in [0.2, 0.25) is 17.7 Å². The van der Waals surface area contributed by atoms with E-state index in [-0.39, 0.29) is 29.2 Å². The summed E-state index contributed by atoms with van der Waals surface area (Å²) in [5, 5.41) is 8.61. The molecule has 3 aliphatic heterocycles. The number of likely N-dealkylation sites (tertiary alicyclic amines) is 2. The molecular formula is C24H33N7O4. The zero-order valence-electron chi connectivity index (χ0n) is 20.4. The third-order valence-corrected chi connectivity index (χ3v) is 7.44. The van der Waals surface area contributed by atoms with Gasteiger partial charge >= 0.3 is 0 Å². The van der Waals surface area contributed by atoms with Crippen LogP contribution in [0, 0.1) is 5.41 Å². The van der Waals surface area contributed by atoms with Crippen molar-refractivity contribution in [3.63, 3.8) is 0 Å². The molecule has 1 unspecified atom stereocenters. The summed E-state index contributed by atoms with van der Waals surface area (Å²) in [5.41, 5.74) is 0.360. The Morgan fingerprint density at radius 1 is 1.09 bits per heavy atom. The largest absolute Gasteiger partial charge is 0.423 e. The zero-order valence-corrected chi connectivity index (χ0v) is 20.4. The van der Waals surface area contributed by atoms with E-state index in [0.29, 0.717) is 63.4 Å². The van der Waals surface area contributed by atoms with Crippen molar-refractivity contribution in [2.45, 2.75) is 45.1 Å². The van der Waals surface area contributed by atoms with E-state index in [4.69, 9.17) is 9.15 Å². The number of amides is 2. The van der Waals surface area contributed by atoms with Crippen molar-refractivity contribution >= 4 is 11.8 Å². The first-order chi connectivity index (χ1) is 16.9. The Kier molecular flexibility index (Phi) is 6.79. The van der Waals surface area contributed by atoms with Crippen LogP contribution in [-0.4, -0.2) is 99.2 Å². The molecule has 2 aromatic heterocycles. The molecular weight excluding hydrogens is 450 g/mol. The van der Waals surface area contributed by atoms with Crippen LogP contribution in [0.3, 0.4) is 0 Å². The van der Waals surface area contributed by atoms with Gasteiger partial charge in [0.25, 0.3) is 5.91 Å². The van der Waals surface area contributed by atoms with Gasteiger partial charge in [-0.15, -0.1) is 10.2 Å². The van der Waals surface area contributed by atoms with Gasteiger partial charge < -0.3 is 19.0 Å². The zero-order chi connectivity index (χ0) is 24.4. The number of piperidine rings is 1. The summed E-state index contributed by atoms with van der Waals surface area (Å²) in [4.78, 5) is 40.1. The smallest absolute Gasteiger partial charge is 0.274 e. The highest BCUT2D eigenvalue weighted by Crippen LogP contribution is 2.49. The first-order valence-electron chi connectivity index (χ1n) is 12.4. The van der Waals surface area contributed by atoms with Gasteiger partial charge in [-0.25, -0.2) is 4.98 Å². The monoisotopic (exact) mass is 483 g/mol. The molecule has 5 heterocycles. The molecule has 0 N–H and O–H groups in total. The van der Waals surface area contributed by atoms with Crippen molar-refractivity contribution in [2.24, 2.45) is 5.41 Å². The number of hydrogen-bond donors (Lipinski definition) is 0. The van der Waals surface area contributed by atoms with Gasteiger partial charge in [-0.05, 0) is 24.7 Å². The van der Waals surface area contributed by atoms with Crippen LogP contribution in [0.25, 0.3) is 0 Å². The molecule has 3 saturated heterocycles. The van der Waals surface area contributed by atoms with E-state index in [2.05, 4.69) is 25.1 Å². The van der Waals surface area contributed by atoms with E-state index in [0.717, 1.165) is 25.8 Å². The molecule has 3 aliphatic rings. The molecule has 0 saturated carbocycles. The van der Waals surface area contributed by atoms with Crippen LogP contribution in [0.15, 0.2) is 23.0 Å². The number of carbonyl (C=O) groups excluding carboxylic acids is 2. The van der Waals surface area contributed by atoms with Crippen molar-refractivity contribution in [3.8, 4) is 0 Å². The number of ether oxygens (including phenoxy) is 1. The fraction of sp³-hybridized carbons (Fsp3) is 0.667. The number of rotatable bonds is 5. The van der Waals surface area contributed by atoms with Gasteiger partial charge in [0, 0.05) is 51.0 Å². The van der Waals surface area contributed by atoms with E-state index in [1.54, 1.807) is 12.4 Å². The Hall–Kier alpha value is -2.92. The lowest BCUT2D eigenvalue weighted by atomic mass is 9.76. The molecule has 0 aromatic carbocycles. The second-order valence-corrected chi connectivity index (χ2v) is 10.1. The Labute approximate surface area is 204 Å². The molecule has 1 atom stereocenters. The fourth-order valence-electron chi connectivity index (χ4n) is 5.37. The third kappa shape index (κ3) is 5.06. The van der Waals surface area contributed by atoms with E-state index in [1.165, 1.54) is 6.20 Å². The third-order valence-electron chi connectivity index (χ3n) is 7.44. The molecule has 2 aromatic rings. The van der Waals surface area contributed by atoms with E-state index >= 15 is 0 Å². The van der Waals surface area contributed by atoms with Gasteiger partial charge in [0.05, 0.1) is 32.0 Å². The maximum Gasteiger partial charge on any atom is 0.274 e. The van der Waals surface area contributed by atoms with Gasteiger partial charge in [-0.1, -0.05) is 13.8 Å². The maximum atomic E-state index is 13.1. The van der Waals surface area contributed by atoms with Crippen LogP contribution in [0.4, 0.5) is 0 Å². The van der Waals surface area contributed by atoms with Gasteiger partial charge in [-0.3, -0.25) is 19.5 Å². The number of aromatic nitrogens is 4. The fourth-order valence-corrected chi connectivity index (χ4v) is 5.37. The average Bonchev–Trinajstić information content (AvgIpc) is 3.51. The molecule has 188 valence electrons. The van der Waals surface area contributed by atoms with Crippen LogP contribution in [-0.2, 0) is 9.53 Å². The van der Waals surface area contributed by atoms with Gasteiger partial charge in [0.15, 0.2) is 0 Å². The normalized spacial score (nSPS) is 22.8. The van der Waals surface area contributed by atoms with Crippen molar-refractivity contribution in [3.05, 3.63) is 36.1 Å². The lowest BCUT2D eigenvalue weighted by molar-refractivity contribution is -0.136. The summed E-state index contributed by atoms with van der Waals surface area (Å²) in [5.74, 6) is 1.36. The molecule has 0 bridgehead atoms. The highest BCUT2D eigenvalue weighted by molar-refractivity contribution is 5.92. The number of nitrogens with zero attached hydrogens (tertiary/aromatic N) is 7. The van der Waals surface area contributed by atoms with Crippen LogP contribution in [0.1, 0.15) is 67.3 Å². The number of carbonyl (C=O) groups is 2. The highest BCUT2D eigenvalue weighted by Gasteiger charge is 2.49. The Balaban J connectivity index is 1.30. The summed E-state index contributed by atoms with van der Waals surface area (Å²) >= 11 is 0. The lowest BCUT2D eigenvalue weighted by Gasteiger charge is -2.39. The standard InChI is InChI=1S/C24H33N7O4/c1-17(2)21-27-28-22(35-21)19-13-24(16-31(19)15-20(32)29-9-11-34-12-10-29)3-7-30(8-4-24)23(33)18-14-25-5-6-26-18/h5-6,14,17,19H,3-4,7-13,15-16H2,1-2H3. The minimum absolute atomic E-state index is 0.0123. The Morgan fingerprint density at radius 3 is 2.51 bits per heavy atom. The molecule has 3 fully saturated rings. The summed E-state index contributed by atoms with van der Waals surface area (Å²) in [6, 6.07) is -0.109. The summed E-state index contributed by atoms with van der Waals surface area (Å²) in [7, 11) is 0. The van der Waals surface area contributed by atoms with Crippen LogP contribution in [0.2, 0.25) is 0 Å². The quantitative estimate of drug-likeness (QED) is 0.623. The van der Waals surface area contributed by atoms with Crippen LogP contribution < -0.4 is 0 Å². The summed E-state index contributed by atoms with van der Waals surface area (Å²) in [6.07, 6.45) is 7.15. The van der Waals surface area contributed by atoms with E-state index < -0.39 is 0 Å². The van der Waals surface area contributed by atoms with Gasteiger partial charge in [-0.2, -0.15) is 0 Å². The predicted octanol–water partition coefficient (Wildman–Crippen LogP) is 1.51. The van der Waals surface area contributed by atoms with Crippen LogP contribution >= 0.6 is 0 Å². The molecule has 35 heavy (non-hydrogen) atoms. The first kappa shape index (κ1) is 23.8. The summed E-state index contributed by atoms with van der Waals surface area (Å²) in [6.45, 7) is 8.83. The SMILES string of the molecule is CC(C)c1nnc(C2CC3(CCN(C(=O)c4cnccn4)CC3)CN2CC(=O)N2CCOCC2)o1. The van der Waals surface area contributed by atoms with Crippen LogP contribution in [0.5, 0.6) is 0 Å². The number of morpholine rings is 1. The molecule has 0 aliphatic carbocycles. The topological polar surface area (TPSA) is 118 Å². The Morgan fingerprint density at radius 2 is 1.86 bits per heavy atom. The number of hydrogen-bond acceptors (Lipinski definition) is 9. The van der Waals surface area contributed by atoms with Crippen molar-refractivity contribution in [2.75, 3.05) is 52.5 Å². The predicted molar refractivity (Wildman–Crippen MR) is 124 cm³/mol. The van der Waals surface area contributed by atoms with Crippen molar-refractivity contribution < 1.29 is 18.7 Å². The average molecular weight is 484 g/mol. The summed E-state index contributed by atoms with van der Waals surface area (Å²) < 4.78 is 11.5. The van der Waals surface area contributed by atoms with E-state index in [1.807, 2.05) is 23.6 Å². The van der Waals surface area contributed by atoms with E-state index in [9.17, 15) is 9.59 Å².